The van der Waals surface area contributed by atoms with E-state index in [-0.39, 0.29) is 0 Å². The van der Waals surface area contributed by atoms with Crippen LogP contribution in [0, 0.1) is 5.92 Å². The Morgan fingerprint density at radius 1 is 1.04 bits per heavy atom. The first-order valence-electron chi connectivity index (χ1n) is 9.35. The number of H-pyrrole nitrogens is 1. The molecule has 0 saturated carbocycles. The molecular formula is C20H27N3O2. The van der Waals surface area contributed by atoms with Gasteiger partial charge in [0.1, 0.15) is 0 Å². The van der Waals surface area contributed by atoms with Gasteiger partial charge in [0.2, 0.25) is 0 Å². The van der Waals surface area contributed by atoms with E-state index in [1.807, 2.05) is 0 Å². The topological polar surface area (TPSA) is 50.4 Å². The Morgan fingerprint density at radius 3 is 2.72 bits per heavy atom. The number of nitrogens with one attached hydrogen (secondary N) is 1. The molecule has 5 nitrogen and oxygen atoms in total. The van der Waals surface area contributed by atoms with Crippen molar-refractivity contribution in [3.8, 4) is 0 Å². The maximum absolute atomic E-state index is 5.65. The smallest absolute Gasteiger partial charge is 0.0820 e. The molecule has 0 amide bonds. The summed E-state index contributed by atoms with van der Waals surface area (Å²) in [6, 6.07) is 10.7. The van der Waals surface area contributed by atoms with Crippen LogP contribution in [0.5, 0.6) is 0 Å². The number of aromatic nitrogens is 2. The number of rotatable bonds is 6. The molecule has 0 unspecified atom stereocenters. The Balaban J connectivity index is 1.48. The molecule has 0 radical (unpaired) electrons. The van der Waals surface area contributed by atoms with Crippen molar-refractivity contribution in [3.05, 3.63) is 52.8 Å². The molecule has 0 atom stereocenters. The second kappa shape index (κ2) is 8.13. The van der Waals surface area contributed by atoms with E-state index in [2.05, 4.69) is 45.4 Å². The number of nitrogens with zero attached hydrogens (tertiary/aromatic N) is 2. The Hall–Kier alpha value is -1.69. The lowest BCUT2D eigenvalue weighted by Crippen LogP contribution is -2.32. The monoisotopic (exact) mass is 341 g/mol. The van der Waals surface area contributed by atoms with E-state index in [0.29, 0.717) is 12.5 Å². The van der Waals surface area contributed by atoms with Gasteiger partial charge >= 0.3 is 0 Å². The van der Waals surface area contributed by atoms with Crippen molar-refractivity contribution < 1.29 is 9.47 Å². The summed E-state index contributed by atoms with van der Waals surface area (Å²) < 4.78 is 11.2. The van der Waals surface area contributed by atoms with E-state index < -0.39 is 0 Å². The molecule has 1 fully saturated rings. The average molecular weight is 341 g/mol. The number of ether oxygens (including phenoxy) is 2. The third kappa shape index (κ3) is 4.29. The first-order chi connectivity index (χ1) is 12.4. The maximum atomic E-state index is 5.65. The predicted molar refractivity (Wildman–Crippen MR) is 96.0 cm³/mol. The van der Waals surface area contributed by atoms with Crippen LogP contribution in [0.25, 0.3) is 0 Å². The third-order valence-electron chi connectivity index (χ3n) is 5.26. The molecule has 2 aliphatic rings. The fourth-order valence-corrected chi connectivity index (χ4v) is 3.83. The molecule has 5 heteroatoms. The van der Waals surface area contributed by atoms with Gasteiger partial charge in [-0.25, -0.2) is 0 Å². The highest BCUT2D eigenvalue weighted by molar-refractivity contribution is 5.26. The zero-order chi connectivity index (χ0) is 16.9. The van der Waals surface area contributed by atoms with Crippen LogP contribution >= 0.6 is 0 Å². The third-order valence-corrected chi connectivity index (χ3v) is 5.26. The van der Waals surface area contributed by atoms with Gasteiger partial charge in [-0.15, -0.1) is 0 Å². The summed E-state index contributed by atoms with van der Waals surface area (Å²) >= 11 is 0. The number of hydrogen-bond acceptors (Lipinski definition) is 4. The summed E-state index contributed by atoms with van der Waals surface area (Å²) in [7, 11) is 0. The van der Waals surface area contributed by atoms with Crippen molar-refractivity contribution in [1.82, 2.24) is 15.1 Å². The minimum atomic E-state index is 0.692. The van der Waals surface area contributed by atoms with Gasteiger partial charge in [0.05, 0.1) is 18.9 Å². The second-order valence-electron chi connectivity index (χ2n) is 7.14. The normalized spacial score (nSPS) is 18.4. The number of fused-ring (bicyclic) bond motifs is 1. The molecule has 1 N–H and O–H groups in total. The first-order valence-corrected chi connectivity index (χ1v) is 9.35. The molecule has 1 aromatic carbocycles. The highest BCUT2D eigenvalue weighted by atomic mass is 16.5. The Kier molecular flexibility index (Phi) is 5.45. The molecule has 0 aliphatic carbocycles. The zero-order valence-corrected chi connectivity index (χ0v) is 14.7. The standard InChI is InChI=1S/C20H27N3O2/c1-2-4-16(5-3-1)12-23(13-17-6-9-24-10-7-17)14-20-18-15-25-11-8-19(18)21-22-20/h1-5,17H,6-15H2,(H,21,22). The van der Waals surface area contributed by atoms with Crippen molar-refractivity contribution in [2.24, 2.45) is 5.92 Å². The van der Waals surface area contributed by atoms with Gasteiger partial charge in [-0.2, -0.15) is 5.10 Å². The molecular weight excluding hydrogens is 314 g/mol. The Labute approximate surface area is 149 Å². The maximum Gasteiger partial charge on any atom is 0.0820 e. The first kappa shape index (κ1) is 16.8. The molecule has 1 aromatic heterocycles. The van der Waals surface area contributed by atoms with Crippen molar-refractivity contribution in [2.75, 3.05) is 26.4 Å². The van der Waals surface area contributed by atoms with Gasteiger partial charge in [0.25, 0.3) is 0 Å². The molecule has 2 aromatic rings. The Bertz CT molecular complexity index is 665. The quantitative estimate of drug-likeness (QED) is 0.878. The molecule has 134 valence electrons. The molecule has 0 spiro atoms. The summed E-state index contributed by atoms with van der Waals surface area (Å²) in [5.74, 6) is 0.712. The summed E-state index contributed by atoms with van der Waals surface area (Å²) in [5.41, 5.74) is 5.04. The van der Waals surface area contributed by atoms with E-state index in [9.17, 15) is 0 Å². The fraction of sp³-hybridized carbons (Fsp3) is 0.550. The van der Waals surface area contributed by atoms with E-state index in [4.69, 9.17) is 9.47 Å². The van der Waals surface area contributed by atoms with Crippen LogP contribution in [0.4, 0.5) is 0 Å². The molecule has 4 rings (SSSR count). The summed E-state index contributed by atoms with van der Waals surface area (Å²) in [6.45, 7) is 6.22. The summed E-state index contributed by atoms with van der Waals surface area (Å²) in [5, 5.41) is 7.82. The van der Waals surface area contributed by atoms with Gasteiger partial charge < -0.3 is 9.47 Å². The lowest BCUT2D eigenvalue weighted by atomic mass is 9.99. The van der Waals surface area contributed by atoms with Crippen LogP contribution in [-0.2, 0) is 35.6 Å². The van der Waals surface area contributed by atoms with Crippen LogP contribution < -0.4 is 0 Å². The number of benzene rings is 1. The van der Waals surface area contributed by atoms with Gasteiger partial charge in [0, 0.05) is 50.5 Å². The molecule has 0 bridgehead atoms. The Morgan fingerprint density at radius 2 is 1.88 bits per heavy atom. The van der Waals surface area contributed by atoms with Crippen molar-refractivity contribution in [2.45, 2.75) is 39.0 Å². The van der Waals surface area contributed by atoms with Crippen molar-refractivity contribution in [1.29, 1.82) is 0 Å². The average Bonchev–Trinajstić information content (AvgIpc) is 3.06. The van der Waals surface area contributed by atoms with Crippen LogP contribution in [0.2, 0.25) is 0 Å². The van der Waals surface area contributed by atoms with E-state index in [0.717, 1.165) is 64.4 Å². The van der Waals surface area contributed by atoms with Crippen LogP contribution in [0.15, 0.2) is 30.3 Å². The number of hydrogen-bond donors (Lipinski definition) is 1. The molecule has 3 heterocycles. The SMILES string of the molecule is c1ccc(CN(Cc2n[nH]c3c2COCC3)CC2CCOCC2)cc1. The van der Waals surface area contributed by atoms with Crippen LogP contribution in [0.1, 0.15) is 35.4 Å². The van der Waals surface area contributed by atoms with Gasteiger partial charge in [0.15, 0.2) is 0 Å². The summed E-state index contributed by atoms with van der Waals surface area (Å²) in [6.07, 6.45) is 3.27. The molecule has 1 saturated heterocycles. The largest absolute Gasteiger partial charge is 0.381 e. The van der Waals surface area contributed by atoms with Crippen molar-refractivity contribution >= 4 is 0 Å². The van der Waals surface area contributed by atoms with Gasteiger partial charge in [-0.1, -0.05) is 30.3 Å². The fourth-order valence-electron chi connectivity index (χ4n) is 3.83. The highest BCUT2D eigenvalue weighted by Crippen LogP contribution is 2.23. The van der Waals surface area contributed by atoms with Crippen LogP contribution in [-0.4, -0.2) is 41.5 Å². The number of aromatic amines is 1. The van der Waals surface area contributed by atoms with Gasteiger partial charge in [-0.05, 0) is 24.3 Å². The van der Waals surface area contributed by atoms with E-state index in [1.54, 1.807) is 0 Å². The lowest BCUT2D eigenvalue weighted by Gasteiger charge is -2.30. The highest BCUT2D eigenvalue weighted by Gasteiger charge is 2.22. The lowest BCUT2D eigenvalue weighted by molar-refractivity contribution is 0.0497. The summed E-state index contributed by atoms with van der Waals surface area (Å²) in [4.78, 5) is 2.54. The minimum Gasteiger partial charge on any atom is -0.381 e. The second-order valence-corrected chi connectivity index (χ2v) is 7.14. The van der Waals surface area contributed by atoms with E-state index >= 15 is 0 Å². The zero-order valence-electron chi connectivity index (χ0n) is 14.7. The van der Waals surface area contributed by atoms with Crippen LogP contribution in [0.3, 0.4) is 0 Å². The molecule has 25 heavy (non-hydrogen) atoms. The van der Waals surface area contributed by atoms with Crippen molar-refractivity contribution in [3.63, 3.8) is 0 Å². The minimum absolute atomic E-state index is 0.692. The molecule has 2 aliphatic heterocycles. The van der Waals surface area contributed by atoms with E-state index in [1.165, 1.54) is 16.8 Å². The van der Waals surface area contributed by atoms with Gasteiger partial charge in [-0.3, -0.25) is 10.00 Å². The predicted octanol–water partition coefficient (Wildman–Crippen LogP) is 2.91.